The molecule has 1 amide bonds. The summed E-state index contributed by atoms with van der Waals surface area (Å²) in [6, 6.07) is 12.7. The molecule has 2 aromatic rings. The van der Waals surface area contributed by atoms with E-state index in [0.717, 1.165) is 17.9 Å². The molecule has 0 radical (unpaired) electrons. The highest BCUT2D eigenvalue weighted by molar-refractivity contribution is 7.92. The average molecular weight is 421 g/mol. The number of hydrogen-bond donors (Lipinski definition) is 1. The highest BCUT2D eigenvalue weighted by Gasteiger charge is 2.31. The van der Waals surface area contributed by atoms with Crippen molar-refractivity contribution in [1.82, 2.24) is 0 Å². The van der Waals surface area contributed by atoms with Crippen molar-refractivity contribution in [2.75, 3.05) is 10.6 Å². The highest BCUT2D eigenvalue weighted by atomic mass is 32.2. The normalized spacial score (nSPS) is 11.6. The lowest BCUT2D eigenvalue weighted by atomic mass is 10.2. The first kappa shape index (κ1) is 22.2. The van der Waals surface area contributed by atoms with E-state index in [1.807, 2.05) is 30.3 Å². The molecule has 0 fully saturated rings. The van der Waals surface area contributed by atoms with Crippen LogP contribution < -0.4 is 9.04 Å². The zero-order valence-electron chi connectivity index (χ0n) is 16.6. The van der Waals surface area contributed by atoms with Crippen LogP contribution in [0.4, 0.5) is 10.5 Å². The molecule has 1 N–H and O–H groups in total. The lowest BCUT2D eigenvalue weighted by Crippen LogP contribution is -2.40. The van der Waals surface area contributed by atoms with Crippen molar-refractivity contribution in [3.63, 3.8) is 0 Å². The Labute approximate surface area is 169 Å². The van der Waals surface area contributed by atoms with Crippen LogP contribution >= 0.6 is 0 Å². The van der Waals surface area contributed by atoms with E-state index in [9.17, 15) is 23.1 Å². The second-order valence-electron chi connectivity index (χ2n) is 7.30. The molecule has 29 heavy (non-hydrogen) atoms. The van der Waals surface area contributed by atoms with Crippen molar-refractivity contribution in [2.45, 2.75) is 33.0 Å². The maximum absolute atomic E-state index is 12.5. The Kier molecular flexibility index (Phi) is 6.53. The number of ether oxygens (including phenoxy) is 2. The van der Waals surface area contributed by atoms with E-state index in [4.69, 9.17) is 9.47 Å². The van der Waals surface area contributed by atoms with Gasteiger partial charge in [-0.3, -0.25) is 0 Å². The lowest BCUT2D eigenvalue weighted by Gasteiger charge is -2.26. The van der Waals surface area contributed by atoms with Gasteiger partial charge in [0.25, 0.3) is 0 Å². The van der Waals surface area contributed by atoms with E-state index in [2.05, 4.69) is 0 Å². The summed E-state index contributed by atoms with van der Waals surface area (Å²) in [5, 5.41) is 9.39. The van der Waals surface area contributed by atoms with Crippen LogP contribution in [-0.2, 0) is 21.4 Å². The van der Waals surface area contributed by atoms with E-state index in [1.165, 1.54) is 12.1 Å². The molecule has 0 bridgehead atoms. The molecule has 0 aliphatic carbocycles. The third-order valence-corrected chi connectivity index (χ3v) is 4.54. The number of benzene rings is 2. The first-order valence-corrected chi connectivity index (χ1v) is 10.5. The maximum atomic E-state index is 12.5. The zero-order chi connectivity index (χ0) is 21.8. The van der Waals surface area contributed by atoms with Gasteiger partial charge in [-0.2, -0.15) is 4.31 Å². The van der Waals surface area contributed by atoms with Gasteiger partial charge < -0.3 is 14.6 Å². The number of sulfonamides is 1. The van der Waals surface area contributed by atoms with Crippen molar-refractivity contribution in [3.8, 4) is 5.75 Å². The van der Waals surface area contributed by atoms with Gasteiger partial charge in [0, 0.05) is 6.07 Å². The number of hydrogen-bond acceptors (Lipinski definition) is 6. The van der Waals surface area contributed by atoms with Gasteiger partial charge in [0.1, 0.15) is 18.0 Å². The van der Waals surface area contributed by atoms with Gasteiger partial charge in [-0.1, -0.05) is 30.3 Å². The molecular weight excluding hydrogens is 398 g/mol. The predicted octanol–water partition coefficient (Wildman–Crippen LogP) is 3.66. The predicted molar refractivity (Wildman–Crippen MR) is 108 cm³/mol. The van der Waals surface area contributed by atoms with Crippen LogP contribution in [-0.4, -0.2) is 37.4 Å². The van der Waals surface area contributed by atoms with E-state index in [1.54, 1.807) is 20.8 Å². The number of aromatic carboxylic acids is 1. The quantitative estimate of drug-likeness (QED) is 0.758. The van der Waals surface area contributed by atoms with Crippen LogP contribution in [0.15, 0.2) is 48.5 Å². The molecule has 9 heteroatoms. The molecule has 0 unspecified atom stereocenters. The van der Waals surface area contributed by atoms with Gasteiger partial charge in [0.2, 0.25) is 10.0 Å². The van der Waals surface area contributed by atoms with E-state index < -0.39 is 27.7 Å². The van der Waals surface area contributed by atoms with Crippen molar-refractivity contribution in [3.05, 3.63) is 59.7 Å². The second-order valence-corrected chi connectivity index (χ2v) is 9.13. The average Bonchev–Trinajstić information content (AvgIpc) is 2.58. The summed E-state index contributed by atoms with van der Waals surface area (Å²) in [4.78, 5) is 24.0. The van der Waals surface area contributed by atoms with Gasteiger partial charge in [0.15, 0.2) is 0 Å². The third kappa shape index (κ3) is 6.49. The van der Waals surface area contributed by atoms with Gasteiger partial charge in [-0.15, -0.1) is 0 Å². The first-order valence-electron chi connectivity index (χ1n) is 8.65. The molecule has 0 spiro atoms. The summed E-state index contributed by atoms with van der Waals surface area (Å²) in [7, 11) is -4.11. The fraction of sp³-hybridized carbons (Fsp3) is 0.300. The van der Waals surface area contributed by atoms with Gasteiger partial charge in [0.05, 0.1) is 17.5 Å². The summed E-state index contributed by atoms with van der Waals surface area (Å²) in [5.74, 6) is -1.20. The van der Waals surface area contributed by atoms with Crippen LogP contribution in [0, 0.1) is 0 Å². The fourth-order valence-corrected chi connectivity index (χ4v) is 3.18. The number of anilines is 1. The van der Waals surface area contributed by atoms with Gasteiger partial charge >= 0.3 is 12.1 Å². The summed E-state index contributed by atoms with van der Waals surface area (Å²) in [6.45, 7) is 4.91. The monoisotopic (exact) mass is 421 g/mol. The number of carbonyl (C=O) groups excluding carboxylic acids is 1. The van der Waals surface area contributed by atoms with E-state index >= 15 is 0 Å². The molecule has 156 valence electrons. The number of carboxylic acids is 1. The Morgan fingerprint density at radius 1 is 1.07 bits per heavy atom. The molecule has 0 saturated heterocycles. The van der Waals surface area contributed by atoms with Crippen molar-refractivity contribution < 1.29 is 32.6 Å². The SMILES string of the molecule is CC(C)(C)OC(=O)N(c1cc(OCc2ccccc2)cc(C(=O)O)c1)S(C)(=O)=O. The molecule has 0 aliphatic heterocycles. The summed E-state index contributed by atoms with van der Waals surface area (Å²) < 4.78 is 35.8. The summed E-state index contributed by atoms with van der Waals surface area (Å²) >= 11 is 0. The molecule has 2 aromatic carbocycles. The van der Waals surface area contributed by atoms with Crippen molar-refractivity contribution in [2.24, 2.45) is 0 Å². The molecular formula is C20H23NO7S. The minimum absolute atomic E-state index is 0.0981. The molecule has 0 aromatic heterocycles. The Bertz CT molecular complexity index is 995. The largest absolute Gasteiger partial charge is 0.489 e. The lowest BCUT2D eigenvalue weighted by molar-refractivity contribution is 0.0606. The van der Waals surface area contributed by atoms with Crippen LogP contribution in [0.5, 0.6) is 5.75 Å². The van der Waals surface area contributed by atoms with Crippen LogP contribution in [0.25, 0.3) is 0 Å². The van der Waals surface area contributed by atoms with Gasteiger partial charge in [-0.05, 0) is 38.5 Å². The molecule has 0 heterocycles. The van der Waals surface area contributed by atoms with Gasteiger partial charge in [-0.25, -0.2) is 18.0 Å². The van der Waals surface area contributed by atoms with Crippen molar-refractivity contribution >= 4 is 27.8 Å². The van der Waals surface area contributed by atoms with E-state index in [-0.39, 0.29) is 23.6 Å². The standard InChI is InChI=1S/C20H23NO7S/c1-20(2,3)28-19(24)21(29(4,25)26)16-10-15(18(22)23)11-17(12-16)27-13-14-8-6-5-7-9-14/h5-12H,13H2,1-4H3,(H,22,23). The number of amides is 1. The number of carboxylic acid groups (broad SMARTS) is 1. The molecule has 2 rings (SSSR count). The number of nitrogens with zero attached hydrogens (tertiary/aromatic N) is 1. The first-order chi connectivity index (χ1) is 13.4. The molecule has 0 atom stereocenters. The molecule has 8 nitrogen and oxygen atoms in total. The van der Waals surface area contributed by atoms with Crippen LogP contribution in [0.1, 0.15) is 36.7 Å². The minimum Gasteiger partial charge on any atom is -0.489 e. The second kappa shape index (κ2) is 8.52. The third-order valence-electron chi connectivity index (χ3n) is 3.51. The Morgan fingerprint density at radius 3 is 2.21 bits per heavy atom. The zero-order valence-corrected chi connectivity index (χ0v) is 17.4. The van der Waals surface area contributed by atoms with Crippen molar-refractivity contribution in [1.29, 1.82) is 0 Å². The van der Waals surface area contributed by atoms with Crippen LogP contribution in [0.3, 0.4) is 0 Å². The highest BCUT2D eigenvalue weighted by Crippen LogP contribution is 2.28. The molecule has 0 aliphatic rings. The smallest absolute Gasteiger partial charge is 0.428 e. The summed E-state index contributed by atoms with van der Waals surface area (Å²) in [5.41, 5.74) is -0.536. The topological polar surface area (TPSA) is 110 Å². The van der Waals surface area contributed by atoms with Crippen LogP contribution in [0.2, 0.25) is 0 Å². The maximum Gasteiger partial charge on any atom is 0.428 e. The van der Waals surface area contributed by atoms with E-state index in [0.29, 0.717) is 4.31 Å². The molecule has 0 saturated carbocycles. The Balaban J connectivity index is 2.45. The minimum atomic E-state index is -4.11. The Morgan fingerprint density at radius 2 is 1.69 bits per heavy atom. The Hall–Kier alpha value is -3.07. The number of rotatable bonds is 6. The fourth-order valence-electron chi connectivity index (χ4n) is 2.38. The summed E-state index contributed by atoms with van der Waals surface area (Å²) in [6.07, 6.45) is -0.314. The number of carbonyl (C=O) groups is 2.